The lowest BCUT2D eigenvalue weighted by molar-refractivity contribution is 0.129. The van der Waals surface area contributed by atoms with Crippen LogP contribution in [-0.4, -0.2) is 30.6 Å². The fourth-order valence-electron chi connectivity index (χ4n) is 5.31. The Bertz CT molecular complexity index is 747. The van der Waals surface area contributed by atoms with Crippen molar-refractivity contribution in [2.75, 3.05) is 24.5 Å². The molecule has 2 fully saturated rings. The van der Waals surface area contributed by atoms with Gasteiger partial charge in [0, 0.05) is 18.3 Å². The number of hydrogen-bond acceptors (Lipinski definition) is 2. The third-order valence-electron chi connectivity index (χ3n) is 6.58. The number of hydrogen-bond donors (Lipinski definition) is 0. The molecule has 0 saturated carbocycles. The van der Waals surface area contributed by atoms with Crippen LogP contribution in [0.2, 0.25) is 0 Å². The summed E-state index contributed by atoms with van der Waals surface area (Å²) in [6, 6.07) is 19.6. The number of anilines is 1. The first-order valence-corrected chi connectivity index (χ1v) is 10.1. The van der Waals surface area contributed by atoms with Crippen molar-refractivity contribution in [3.8, 4) is 0 Å². The third-order valence-corrected chi connectivity index (χ3v) is 6.58. The maximum Gasteiger partial charge on any atom is 0.0560 e. The van der Waals surface area contributed by atoms with Gasteiger partial charge in [-0.15, -0.1) is 0 Å². The Morgan fingerprint density at radius 2 is 1.52 bits per heavy atom. The zero-order valence-electron chi connectivity index (χ0n) is 15.0. The summed E-state index contributed by atoms with van der Waals surface area (Å²) >= 11 is 0. The second-order valence-corrected chi connectivity index (χ2v) is 7.99. The fourth-order valence-corrected chi connectivity index (χ4v) is 5.31. The highest BCUT2D eigenvalue weighted by atomic mass is 15.2. The molecule has 0 N–H and O–H groups in total. The van der Waals surface area contributed by atoms with Crippen LogP contribution in [0.25, 0.3) is 0 Å². The Hall–Kier alpha value is -1.80. The molecular weight excluding hydrogens is 304 g/mol. The summed E-state index contributed by atoms with van der Waals surface area (Å²) in [7, 11) is 0. The smallest absolute Gasteiger partial charge is 0.0560 e. The average molecular weight is 332 g/mol. The van der Waals surface area contributed by atoms with Crippen molar-refractivity contribution in [2.24, 2.45) is 0 Å². The van der Waals surface area contributed by atoms with E-state index in [4.69, 9.17) is 0 Å². The maximum absolute atomic E-state index is 2.79. The van der Waals surface area contributed by atoms with Crippen LogP contribution in [0.3, 0.4) is 0 Å². The number of likely N-dealkylation sites (tertiary alicyclic amines) is 1. The summed E-state index contributed by atoms with van der Waals surface area (Å²) in [5, 5.41) is 0. The largest absolute Gasteiger partial charge is 0.364 e. The van der Waals surface area contributed by atoms with Gasteiger partial charge in [0.05, 0.1) is 6.04 Å². The van der Waals surface area contributed by atoms with E-state index in [1.807, 2.05) is 0 Å². The number of nitrogens with zero attached hydrogens (tertiary/aromatic N) is 2. The minimum Gasteiger partial charge on any atom is -0.364 e. The van der Waals surface area contributed by atoms with Crippen LogP contribution in [0, 0.1) is 0 Å². The Labute approximate surface area is 151 Å². The molecule has 2 aromatic carbocycles. The van der Waals surface area contributed by atoms with Gasteiger partial charge in [0.15, 0.2) is 0 Å². The van der Waals surface area contributed by atoms with Crippen LogP contribution in [0.5, 0.6) is 0 Å². The van der Waals surface area contributed by atoms with E-state index in [0.717, 1.165) is 12.5 Å². The molecule has 0 amide bonds. The summed E-state index contributed by atoms with van der Waals surface area (Å²) in [4.78, 5) is 5.50. The van der Waals surface area contributed by atoms with E-state index in [9.17, 15) is 0 Å². The molecule has 3 heterocycles. The first-order chi connectivity index (χ1) is 12.4. The zero-order chi connectivity index (χ0) is 16.6. The van der Waals surface area contributed by atoms with Crippen molar-refractivity contribution in [3.05, 3.63) is 65.2 Å². The fraction of sp³-hybridized carbons (Fsp3) is 0.478. The van der Waals surface area contributed by atoms with Crippen molar-refractivity contribution in [1.29, 1.82) is 0 Å². The quantitative estimate of drug-likeness (QED) is 0.741. The van der Waals surface area contributed by atoms with E-state index in [2.05, 4.69) is 58.3 Å². The first kappa shape index (κ1) is 15.5. The van der Waals surface area contributed by atoms with Crippen LogP contribution in [-0.2, 0) is 6.42 Å². The monoisotopic (exact) mass is 332 g/mol. The Morgan fingerprint density at radius 1 is 0.760 bits per heavy atom. The number of rotatable bonds is 1. The van der Waals surface area contributed by atoms with E-state index in [0.29, 0.717) is 6.04 Å². The number of piperidine rings is 2. The highest BCUT2D eigenvalue weighted by molar-refractivity contribution is 5.60. The van der Waals surface area contributed by atoms with Gasteiger partial charge in [-0.05, 0) is 68.0 Å². The molecule has 2 heteroatoms. The summed E-state index contributed by atoms with van der Waals surface area (Å²) in [5.41, 5.74) is 6.07. The summed E-state index contributed by atoms with van der Waals surface area (Å²) in [6.45, 7) is 3.82. The SMILES string of the molecule is c1ccc2c(c1)Cc1ccccc1N1CCC(N3CCCCC3)CC21. The van der Waals surface area contributed by atoms with E-state index in [1.54, 1.807) is 5.56 Å². The molecule has 3 aliphatic rings. The molecule has 0 radical (unpaired) electrons. The minimum atomic E-state index is 0.542. The average Bonchev–Trinajstić information content (AvgIpc) is 2.83. The van der Waals surface area contributed by atoms with E-state index < -0.39 is 0 Å². The second-order valence-electron chi connectivity index (χ2n) is 7.99. The molecule has 2 aromatic rings. The van der Waals surface area contributed by atoms with Gasteiger partial charge >= 0.3 is 0 Å². The minimum absolute atomic E-state index is 0.542. The molecule has 0 bridgehead atoms. The van der Waals surface area contributed by atoms with Gasteiger partial charge in [-0.1, -0.05) is 48.9 Å². The molecule has 0 aromatic heterocycles. The first-order valence-electron chi connectivity index (χ1n) is 10.1. The molecule has 2 nitrogen and oxygen atoms in total. The Morgan fingerprint density at radius 3 is 2.40 bits per heavy atom. The van der Waals surface area contributed by atoms with Crippen molar-refractivity contribution in [2.45, 2.75) is 50.6 Å². The molecule has 2 atom stereocenters. The number of para-hydroxylation sites is 1. The molecule has 0 spiro atoms. The molecule has 3 aliphatic heterocycles. The Balaban J connectivity index is 1.52. The predicted molar refractivity (Wildman–Crippen MR) is 104 cm³/mol. The summed E-state index contributed by atoms with van der Waals surface area (Å²) in [5.74, 6) is 0. The normalized spacial score (nSPS) is 26.3. The third kappa shape index (κ3) is 2.77. The molecular formula is C23H28N2. The van der Waals surface area contributed by atoms with E-state index in [-0.39, 0.29) is 0 Å². The van der Waals surface area contributed by atoms with Crippen molar-refractivity contribution in [3.63, 3.8) is 0 Å². The lowest BCUT2D eigenvalue weighted by Crippen LogP contribution is -2.48. The number of fused-ring (bicyclic) bond motifs is 5. The van der Waals surface area contributed by atoms with Gasteiger partial charge in [-0.3, -0.25) is 0 Å². The highest BCUT2D eigenvalue weighted by Crippen LogP contribution is 2.43. The molecule has 130 valence electrons. The molecule has 0 aliphatic carbocycles. The summed E-state index contributed by atoms with van der Waals surface area (Å²) in [6.07, 6.45) is 7.88. The highest BCUT2D eigenvalue weighted by Gasteiger charge is 2.36. The van der Waals surface area contributed by atoms with Gasteiger partial charge in [0.25, 0.3) is 0 Å². The summed E-state index contributed by atoms with van der Waals surface area (Å²) < 4.78 is 0. The van der Waals surface area contributed by atoms with Gasteiger partial charge in [0.1, 0.15) is 0 Å². The van der Waals surface area contributed by atoms with Crippen molar-refractivity contribution < 1.29 is 0 Å². The van der Waals surface area contributed by atoms with Crippen LogP contribution >= 0.6 is 0 Å². The zero-order valence-corrected chi connectivity index (χ0v) is 15.0. The van der Waals surface area contributed by atoms with Gasteiger partial charge in [-0.2, -0.15) is 0 Å². The molecule has 25 heavy (non-hydrogen) atoms. The number of benzene rings is 2. The van der Waals surface area contributed by atoms with E-state index in [1.165, 1.54) is 68.6 Å². The Kier molecular flexibility index (Phi) is 4.01. The molecule has 2 unspecified atom stereocenters. The van der Waals surface area contributed by atoms with Gasteiger partial charge in [0.2, 0.25) is 0 Å². The molecule has 2 saturated heterocycles. The lowest BCUT2D eigenvalue weighted by Gasteiger charge is -2.45. The second kappa shape index (κ2) is 6.49. The van der Waals surface area contributed by atoms with Crippen molar-refractivity contribution in [1.82, 2.24) is 4.90 Å². The van der Waals surface area contributed by atoms with Crippen LogP contribution in [0.4, 0.5) is 5.69 Å². The van der Waals surface area contributed by atoms with Gasteiger partial charge in [-0.25, -0.2) is 0 Å². The van der Waals surface area contributed by atoms with Crippen LogP contribution in [0.1, 0.15) is 54.8 Å². The lowest BCUT2D eigenvalue weighted by atomic mass is 9.88. The van der Waals surface area contributed by atoms with E-state index >= 15 is 0 Å². The standard InChI is InChI=1S/C23H28N2/c1-6-13-24(14-7-1)20-12-15-25-22-11-5-3-9-19(22)16-18-8-2-4-10-21(18)23(25)17-20/h2-5,8-11,20,23H,1,6-7,12-17H2. The van der Waals surface area contributed by atoms with Crippen LogP contribution < -0.4 is 4.90 Å². The maximum atomic E-state index is 2.79. The topological polar surface area (TPSA) is 6.48 Å². The van der Waals surface area contributed by atoms with Crippen molar-refractivity contribution >= 4 is 5.69 Å². The molecule has 5 rings (SSSR count). The van der Waals surface area contributed by atoms with Gasteiger partial charge < -0.3 is 9.80 Å². The predicted octanol–water partition coefficient (Wildman–Crippen LogP) is 4.79. The van der Waals surface area contributed by atoms with Crippen LogP contribution in [0.15, 0.2) is 48.5 Å².